The van der Waals surface area contributed by atoms with Crippen molar-refractivity contribution >= 4 is 0 Å². The van der Waals surface area contributed by atoms with Gasteiger partial charge in [0.15, 0.2) is 0 Å². The molecule has 0 radical (unpaired) electrons. The minimum absolute atomic E-state index is 0.656. The molecular formula is C19H31N. The first-order valence-corrected chi connectivity index (χ1v) is 8.02. The summed E-state index contributed by atoms with van der Waals surface area (Å²) in [7, 11) is 0. The van der Waals surface area contributed by atoms with Crippen LogP contribution < -0.4 is 5.32 Å². The zero-order chi connectivity index (χ0) is 14.8. The quantitative estimate of drug-likeness (QED) is 0.407. The normalized spacial score (nSPS) is 15.6. The average Bonchev–Trinajstić information content (AvgIpc) is 2.45. The first-order valence-electron chi connectivity index (χ1n) is 8.02. The van der Waals surface area contributed by atoms with Gasteiger partial charge in [0.2, 0.25) is 0 Å². The predicted molar refractivity (Wildman–Crippen MR) is 90.7 cm³/mol. The molecule has 0 aromatic rings. The fourth-order valence-electron chi connectivity index (χ4n) is 2.32. The van der Waals surface area contributed by atoms with Crippen LogP contribution in [0.4, 0.5) is 0 Å². The van der Waals surface area contributed by atoms with Crippen LogP contribution in [0.3, 0.4) is 0 Å². The smallest absolute Gasteiger partial charge is 0.0143 e. The topological polar surface area (TPSA) is 12.0 Å². The SMILES string of the molecule is C=C(CCC1=CCCC=C1)NCCCCC(C)C(=C)C. The van der Waals surface area contributed by atoms with Gasteiger partial charge in [0.1, 0.15) is 0 Å². The average molecular weight is 273 g/mol. The Bertz CT molecular complexity index is 373. The molecule has 0 saturated carbocycles. The molecular weight excluding hydrogens is 242 g/mol. The highest BCUT2D eigenvalue weighted by atomic mass is 14.9. The number of hydrogen-bond donors (Lipinski definition) is 1. The Kier molecular flexibility index (Phi) is 8.10. The third-order valence-corrected chi connectivity index (χ3v) is 4.07. The molecule has 1 nitrogen and oxygen atoms in total. The Hall–Kier alpha value is -1.24. The molecule has 0 aliphatic heterocycles. The molecule has 0 heterocycles. The lowest BCUT2D eigenvalue weighted by Gasteiger charge is -2.13. The molecule has 0 amide bonds. The van der Waals surface area contributed by atoms with E-state index in [1.54, 1.807) is 0 Å². The van der Waals surface area contributed by atoms with Gasteiger partial charge in [0, 0.05) is 12.2 Å². The van der Waals surface area contributed by atoms with E-state index in [0.29, 0.717) is 5.92 Å². The number of rotatable bonds is 10. The van der Waals surface area contributed by atoms with Crippen LogP contribution in [0.1, 0.15) is 58.8 Å². The second-order valence-electron chi connectivity index (χ2n) is 6.03. The molecule has 1 N–H and O–H groups in total. The minimum Gasteiger partial charge on any atom is -0.389 e. The third kappa shape index (κ3) is 7.37. The highest BCUT2D eigenvalue weighted by Crippen LogP contribution is 2.17. The number of unbranched alkanes of at least 4 members (excludes halogenated alkanes) is 1. The highest BCUT2D eigenvalue weighted by Gasteiger charge is 2.02. The fraction of sp³-hybridized carbons (Fsp3) is 0.579. The van der Waals surface area contributed by atoms with E-state index in [0.717, 1.165) is 19.4 Å². The van der Waals surface area contributed by atoms with Crippen LogP contribution in [-0.4, -0.2) is 6.54 Å². The summed E-state index contributed by atoms with van der Waals surface area (Å²) in [6.45, 7) is 13.6. The van der Waals surface area contributed by atoms with Crippen LogP contribution >= 0.6 is 0 Å². The van der Waals surface area contributed by atoms with Gasteiger partial charge in [-0.1, -0.05) is 55.9 Å². The van der Waals surface area contributed by atoms with Gasteiger partial charge in [-0.2, -0.15) is 0 Å². The van der Waals surface area contributed by atoms with Gasteiger partial charge in [-0.25, -0.2) is 0 Å². The van der Waals surface area contributed by atoms with Crippen molar-refractivity contribution in [2.45, 2.75) is 58.8 Å². The van der Waals surface area contributed by atoms with Gasteiger partial charge in [0.05, 0.1) is 0 Å². The lowest BCUT2D eigenvalue weighted by Crippen LogP contribution is -2.14. The van der Waals surface area contributed by atoms with Crippen molar-refractivity contribution in [2.75, 3.05) is 6.54 Å². The first kappa shape index (κ1) is 16.8. The number of hydrogen-bond acceptors (Lipinski definition) is 1. The van der Waals surface area contributed by atoms with Crippen molar-refractivity contribution in [2.24, 2.45) is 5.92 Å². The minimum atomic E-state index is 0.656. The van der Waals surface area contributed by atoms with E-state index in [4.69, 9.17) is 0 Å². The summed E-state index contributed by atoms with van der Waals surface area (Å²) in [6.07, 6.45) is 15.2. The van der Waals surface area contributed by atoms with Crippen molar-refractivity contribution < 1.29 is 0 Å². The fourth-order valence-corrected chi connectivity index (χ4v) is 2.32. The molecule has 0 aromatic carbocycles. The first-order chi connectivity index (χ1) is 9.59. The van der Waals surface area contributed by atoms with E-state index in [1.807, 2.05) is 0 Å². The van der Waals surface area contributed by atoms with E-state index in [9.17, 15) is 0 Å². The lowest BCUT2D eigenvalue weighted by atomic mass is 9.98. The molecule has 0 saturated heterocycles. The summed E-state index contributed by atoms with van der Waals surface area (Å²) >= 11 is 0. The molecule has 1 unspecified atom stereocenters. The molecule has 0 fully saturated rings. The van der Waals surface area contributed by atoms with Crippen molar-refractivity contribution in [3.8, 4) is 0 Å². The maximum atomic E-state index is 4.12. The molecule has 0 bridgehead atoms. The monoisotopic (exact) mass is 273 g/mol. The lowest BCUT2D eigenvalue weighted by molar-refractivity contribution is 0.548. The van der Waals surface area contributed by atoms with Crippen LogP contribution in [0.5, 0.6) is 0 Å². The third-order valence-electron chi connectivity index (χ3n) is 4.07. The second kappa shape index (κ2) is 9.63. The Balaban J connectivity index is 2.01. The summed E-state index contributed by atoms with van der Waals surface area (Å²) < 4.78 is 0. The van der Waals surface area contributed by atoms with Crippen molar-refractivity contribution in [1.82, 2.24) is 5.32 Å². The summed E-state index contributed by atoms with van der Waals surface area (Å²) in [5.41, 5.74) is 3.95. The second-order valence-corrected chi connectivity index (χ2v) is 6.03. The highest BCUT2D eigenvalue weighted by molar-refractivity contribution is 5.22. The van der Waals surface area contributed by atoms with E-state index in [1.165, 1.54) is 48.9 Å². The Morgan fingerprint density at radius 2 is 2.10 bits per heavy atom. The largest absolute Gasteiger partial charge is 0.389 e. The van der Waals surface area contributed by atoms with Crippen molar-refractivity contribution in [1.29, 1.82) is 0 Å². The molecule has 1 aliphatic rings. The van der Waals surface area contributed by atoms with Gasteiger partial charge < -0.3 is 5.32 Å². The molecule has 1 atom stereocenters. The summed E-state index contributed by atoms with van der Waals surface area (Å²) in [6, 6.07) is 0. The molecule has 1 rings (SSSR count). The number of allylic oxidation sites excluding steroid dienone is 6. The van der Waals surface area contributed by atoms with Gasteiger partial charge >= 0.3 is 0 Å². The van der Waals surface area contributed by atoms with Gasteiger partial charge in [-0.15, -0.1) is 0 Å². The summed E-state index contributed by atoms with van der Waals surface area (Å²) in [5.74, 6) is 0.656. The zero-order valence-electron chi connectivity index (χ0n) is 13.4. The molecule has 0 aromatic heterocycles. The van der Waals surface area contributed by atoms with E-state index in [2.05, 4.69) is 50.6 Å². The maximum absolute atomic E-state index is 4.12. The van der Waals surface area contributed by atoms with E-state index in [-0.39, 0.29) is 0 Å². The molecule has 0 spiro atoms. The predicted octanol–water partition coefficient (Wildman–Crippen LogP) is 5.53. The Morgan fingerprint density at radius 3 is 2.75 bits per heavy atom. The van der Waals surface area contributed by atoms with Crippen LogP contribution in [0.2, 0.25) is 0 Å². The van der Waals surface area contributed by atoms with Gasteiger partial charge in [-0.05, 0) is 51.4 Å². The molecule has 20 heavy (non-hydrogen) atoms. The molecule has 1 aliphatic carbocycles. The standard InChI is InChI=1S/C19H31N/c1-16(2)17(3)10-8-9-15-20-18(4)13-14-19-11-6-5-7-12-19/h6,11-12,17,20H,1,4-5,7-10,13-15H2,2-3H3. The maximum Gasteiger partial charge on any atom is 0.0143 e. The van der Waals surface area contributed by atoms with Crippen LogP contribution in [-0.2, 0) is 0 Å². The number of nitrogens with one attached hydrogen (secondary N) is 1. The molecule has 1 heteroatoms. The Morgan fingerprint density at radius 1 is 1.30 bits per heavy atom. The van der Waals surface area contributed by atoms with E-state index < -0.39 is 0 Å². The van der Waals surface area contributed by atoms with Gasteiger partial charge in [0.25, 0.3) is 0 Å². The van der Waals surface area contributed by atoms with Crippen LogP contribution in [0, 0.1) is 5.92 Å². The van der Waals surface area contributed by atoms with E-state index >= 15 is 0 Å². The van der Waals surface area contributed by atoms with Gasteiger partial charge in [-0.3, -0.25) is 0 Å². The Labute approximate surface area is 125 Å². The zero-order valence-corrected chi connectivity index (χ0v) is 13.4. The van der Waals surface area contributed by atoms with Crippen LogP contribution in [0.25, 0.3) is 0 Å². The summed E-state index contributed by atoms with van der Waals surface area (Å²) in [4.78, 5) is 0. The molecule has 112 valence electrons. The summed E-state index contributed by atoms with van der Waals surface area (Å²) in [5, 5.41) is 3.46. The van der Waals surface area contributed by atoms with Crippen molar-refractivity contribution in [3.63, 3.8) is 0 Å². The van der Waals surface area contributed by atoms with Crippen LogP contribution in [0.15, 0.2) is 48.2 Å². The van der Waals surface area contributed by atoms with Crippen molar-refractivity contribution in [3.05, 3.63) is 48.2 Å².